The fourth-order valence-electron chi connectivity index (χ4n) is 2.02. The molecule has 0 aliphatic carbocycles. The lowest BCUT2D eigenvalue weighted by Gasteiger charge is -2.25. The SMILES string of the molecule is CCCCC[N+]1(C=O)CCCC1. The maximum atomic E-state index is 10.9. The zero-order valence-electron chi connectivity index (χ0n) is 8.09. The van der Waals surface area contributed by atoms with Crippen molar-refractivity contribution in [2.24, 2.45) is 0 Å². The molecule has 12 heavy (non-hydrogen) atoms. The summed E-state index contributed by atoms with van der Waals surface area (Å²) in [6, 6.07) is 0. The van der Waals surface area contributed by atoms with Crippen LogP contribution in [0.5, 0.6) is 0 Å². The van der Waals surface area contributed by atoms with Crippen LogP contribution in [0.15, 0.2) is 0 Å². The van der Waals surface area contributed by atoms with Gasteiger partial charge in [0, 0.05) is 12.8 Å². The summed E-state index contributed by atoms with van der Waals surface area (Å²) in [6.45, 7) is 5.47. The standard InChI is InChI=1S/C10H20NO/c1-2-3-4-7-11(10-12)8-5-6-9-11/h10H,2-9H2,1H3/q+1. The Morgan fingerprint density at radius 2 is 1.92 bits per heavy atom. The summed E-state index contributed by atoms with van der Waals surface area (Å²) >= 11 is 0. The first-order valence-corrected chi connectivity index (χ1v) is 5.15. The number of nitrogens with zero attached hydrogens (tertiary/aromatic N) is 1. The molecule has 1 heterocycles. The molecule has 0 aromatic carbocycles. The maximum absolute atomic E-state index is 10.9. The van der Waals surface area contributed by atoms with Crippen LogP contribution in [0.25, 0.3) is 0 Å². The van der Waals surface area contributed by atoms with Crippen LogP contribution in [-0.4, -0.2) is 30.5 Å². The molecule has 70 valence electrons. The topological polar surface area (TPSA) is 17.1 Å². The number of hydrogen-bond acceptors (Lipinski definition) is 1. The van der Waals surface area contributed by atoms with Crippen LogP contribution in [0.1, 0.15) is 39.0 Å². The van der Waals surface area contributed by atoms with Crippen LogP contribution >= 0.6 is 0 Å². The molecule has 0 bridgehead atoms. The van der Waals surface area contributed by atoms with Crippen molar-refractivity contribution in [3.8, 4) is 0 Å². The molecular formula is C10H20NO+. The minimum atomic E-state index is 0.750. The smallest absolute Gasteiger partial charge is 0.263 e. The molecule has 1 fully saturated rings. The molecule has 0 spiro atoms. The lowest BCUT2D eigenvalue weighted by atomic mass is 10.2. The van der Waals surface area contributed by atoms with Crippen molar-refractivity contribution in [2.75, 3.05) is 19.6 Å². The quantitative estimate of drug-likeness (QED) is 0.350. The predicted octanol–water partition coefficient (Wildman–Crippen LogP) is 1.94. The number of carbonyl (C=O) groups excluding carboxylic acids is 1. The van der Waals surface area contributed by atoms with Crippen LogP contribution in [0, 0.1) is 0 Å². The van der Waals surface area contributed by atoms with E-state index in [1.54, 1.807) is 0 Å². The van der Waals surface area contributed by atoms with Crippen molar-refractivity contribution < 1.29 is 9.28 Å². The van der Waals surface area contributed by atoms with Gasteiger partial charge < -0.3 is 0 Å². The third-order valence-corrected chi connectivity index (χ3v) is 2.89. The van der Waals surface area contributed by atoms with Gasteiger partial charge in [0.25, 0.3) is 0 Å². The van der Waals surface area contributed by atoms with Gasteiger partial charge in [0.15, 0.2) is 0 Å². The third-order valence-electron chi connectivity index (χ3n) is 2.89. The van der Waals surface area contributed by atoms with Crippen molar-refractivity contribution in [1.29, 1.82) is 0 Å². The Morgan fingerprint density at radius 3 is 2.42 bits per heavy atom. The molecule has 0 atom stereocenters. The summed E-state index contributed by atoms with van der Waals surface area (Å²) in [4.78, 5) is 10.9. The van der Waals surface area contributed by atoms with E-state index in [0.29, 0.717) is 0 Å². The molecule has 1 aliphatic heterocycles. The highest BCUT2D eigenvalue weighted by atomic mass is 16.1. The lowest BCUT2D eigenvalue weighted by Crippen LogP contribution is -2.44. The second kappa shape index (κ2) is 4.61. The Morgan fingerprint density at radius 1 is 1.25 bits per heavy atom. The van der Waals surface area contributed by atoms with Gasteiger partial charge in [0.1, 0.15) is 0 Å². The van der Waals surface area contributed by atoms with Crippen LogP contribution in [0.4, 0.5) is 0 Å². The minimum Gasteiger partial charge on any atom is -0.263 e. The zero-order chi connectivity index (χ0) is 8.86. The van der Waals surface area contributed by atoms with Crippen molar-refractivity contribution in [2.45, 2.75) is 39.0 Å². The predicted molar refractivity (Wildman–Crippen MR) is 49.7 cm³/mol. The molecule has 1 rings (SSSR count). The summed E-state index contributed by atoms with van der Waals surface area (Å²) < 4.78 is 0.750. The van der Waals surface area contributed by atoms with Crippen LogP contribution in [0.3, 0.4) is 0 Å². The molecule has 0 aromatic heterocycles. The van der Waals surface area contributed by atoms with Crippen molar-refractivity contribution in [3.05, 3.63) is 0 Å². The van der Waals surface area contributed by atoms with E-state index < -0.39 is 0 Å². The highest BCUT2D eigenvalue weighted by Gasteiger charge is 2.30. The number of hydrogen-bond donors (Lipinski definition) is 0. The van der Waals surface area contributed by atoms with E-state index in [2.05, 4.69) is 6.92 Å². The number of unbranched alkanes of at least 4 members (excludes halogenated alkanes) is 2. The number of quaternary nitrogens is 1. The molecule has 0 unspecified atom stereocenters. The van der Waals surface area contributed by atoms with Crippen LogP contribution in [-0.2, 0) is 4.79 Å². The molecule has 1 aliphatic rings. The molecule has 0 aromatic rings. The van der Waals surface area contributed by atoms with E-state index in [-0.39, 0.29) is 0 Å². The van der Waals surface area contributed by atoms with Crippen LogP contribution in [0.2, 0.25) is 0 Å². The minimum absolute atomic E-state index is 0.750. The van der Waals surface area contributed by atoms with Crippen molar-refractivity contribution in [3.63, 3.8) is 0 Å². The second-order valence-corrected chi connectivity index (χ2v) is 3.91. The second-order valence-electron chi connectivity index (χ2n) is 3.91. The Hall–Kier alpha value is -0.370. The van der Waals surface area contributed by atoms with Gasteiger partial charge in [0.05, 0.1) is 19.6 Å². The van der Waals surface area contributed by atoms with Gasteiger partial charge in [-0.3, -0.25) is 4.48 Å². The first kappa shape index (κ1) is 9.72. The highest BCUT2D eigenvalue weighted by molar-refractivity contribution is 5.37. The largest absolute Gasteiger partial charge is 0.301 e. The van der Waals surface area contributed by atoms with Crippen molar-refractivity contribution >= 4 is 6.41 Å². The van der Waals surface area contributed by atoms with Gasteiger partial charge in [-0.15, -0.1) is 0 Å². The summed E-state index contributed by atoms with van der Waals surface area (Å²) in [5.74, 6) is 0. The third kappa shape index (κ3) is 2.31. The first-order chi connectivity index (χ1) is 5.83. The molecule has 2 nitrogen and oxygen atoms in total. The number of likely N-dealkylation sites (tertiary alicyclic amines) is 1. The van der Waals surface area contributed by atoms with E-state index in [1.165, 1.54) is 38.5 Å². The highest BCUT2D eigenvalue weighted by Crippen LogP contribution is 2.17. The Balaban J connectivity index is 2.29. The van der Waals surface area contributed by atoms with Gasteiger partial charge >= 0.3 is 6.41 Å². The number of carbonyl (C=O) groups is 1. The van der Waals surface area contributed by atoms with E-state index in [1.807, 2.05) is 0 Å². The average Bonchev–Trinajstić information content (AvgIpc) is 2.55. The Kier molecular flexibility index (Phi) is 3.73. The van der Waals surface area contributed by atoms with Gasteiger partial charge in [-0.2, -0.15) is 0 Å². The molecule has 1 saturated heterocycles. The maximum Gasteiger partial charge on any atom is 0.301 e. The van der Waals surface area contributed by atoms with Gasteiger partial charge in [-0.25, -0.2) is 4.79 Å². The first-order valence-electron chi connectivity index (χ1n) is 5.15. The summed E-state index contributed by atoms with van der Waals surface area (Å²) in [7, 11) is 0. The lowest BCUT2D eigenvalue weighted by molar-refractivity contribution is -0.833. The monoisotopic (exact) mass is 170 g/mol. The van der Waals surface area contributed by atoms with E-state index in [9.17, 15) is 4.79 Å². The van der Waals surface area contributed by atoms with Crippen LogP contribution < -0.4 is 0 Å². The van der Waals surface area contributed by atoms with Gasteiger partial charge in [-0.1, -0.05) is 13.3 Å². The van der Waals surface area contributed by atoms with E-state index >= 15 is 0 Å². The summed E-state index contributed by atoms with van der Waals surface area (Å²) in [5, 5.41) is 0. The van der Waals surface area contributed by atoms with E-state index in [0.717, 1.165) is 24.1 Å². The fourth-order valence-corrected chi connectivity index (χ4v) is 2.02. The average molecular weight is 170 g/mol. The summed E-state index contributed by atoms with van der Waals surface area (Å²) in [6.07, 6.45) is 7.39. The van der Waals surface area contributed by atoms with E-state index in [4.69, 9.17) is 0 Å². The molecule has 0 radical (unpaired) electrons. The summed E-state index contributed by atoms with van der Waals surface area (Å²) in [5.41, 5.74) is 0. The fraction of sp³-hybridized carbons (Fsp3) is 0.900. The Labute approximate surface area is 75.1 Å². The zero-order valence-corrected chi connectivity index (χ0v) is 8.09. The molecule has 0 N–H and O–H groups in total. The number of rotatable bonds is 5. The normalized spacial score (nSPS) is 21.1. The molecule has 2 heteroatoms. The van der Waals surface area contributed by atoms with Gasteiger partial charge in [0.2, 0.25) is 0 Å². The Bertz CT molecular complexity index is 139. The molecule has 0 saturated carbocycles. The molecule has 1 amide bonds. The number of amides is 1. The van der Waals surface area contributed by atoms with Crippen molar-refractivity contribution in [1.82, 2.24) is 0 Å². The van der Waals surface area contributed by atoms with Gasteiger partial charge in [-0.05, 0) is 12.8 Å². The molecular weight excluding hydrogens is 150 g/mol.